The highest BCUT2D eigenvalue weighted by atomic mass is 16.5. The molecule has 148 valence electrons. The van der Waals surface area contributed by atoms with E-state index >= 15 is 0 Å². The molecule has 2 aliphatic heterocycles. The van der Waals surface area contributed by atoms with E-state index in [1.807, 2.05) is 6.07 Å². The SMILES string of the molecule is COc1ccc2c3c1O[C@H]1C(=O)C4(CC4)CC4(O)C(C2)N(CC2CC2)CCC314. The minimum atomic E-state index is -0.889. The molecular weight excluding hydrogens is 354 g/mol. The second-order valence-electron chi connectivity index (χ2n) is 10.3. The van der Waals surface area contributed by atoms with Crippen molar-refractivity contribution in [1.29, 1.82) is 0 Å². The molecule has 4 aliphatic carbocycles. The van der Waals surface area contributed by atoms with E-state index in [0.717, 1.165) is 56.0 Å². The van der Waals surface area contributed by atoms with Crippen LogP contribution in [0, 0.1) is 11.3 Å². The lowest BCUT2D eigenvalue weighted by Crippen LogP contribution is -2.78. The minimum Gasteiger partial charge on any atom is -0.493 e. The molecule has 1 aromatic rings. The molecule has 0 aromatic heterocycles. The van der Waals surface area contributed by atoms with Crippen LogP contribution in [0.3, 0.4) is 0 Å². The summed E-state index contributed by atoms with van der Waals surface area (Å²) in [6.07, 6.45) is 6.15. The maximum Gasteiger partial charge on any atom is 0.180 e. The molecule has 2 spiro atoms. The average Bonchev–Trinajstić information content (AvgIpc) is 3.59. The molecule has 6 aliphatic rings. The van der Waals surface area contributed by atoms with Crippen molar-refractivity contribution in [3.63, 3.8) is 0 Å². The summed E-state index contributed by atoms with van der Waals surface area (Å²) in [6, 6.07) is 4.21. The average molecular weight is 381 g/mol. The van der Waals surface area contributed by atoms with Gasteiger partial charge in [-0.3, -0.25) is 9.69 Å². The Morgan fingerprint density at radius 2 is 2.11 bits per heavy atom. The van der Waals surface area contributed by atoms with Crippen LogP contribution in [0.1, 0.15) is 49.7 Å². The summed E-state index contributed by atoms with van der Waals surface area (Å²) in [4.78, 5) is 16.1. The Hall–Kier alpha value is -1.59. The van der Waals surface area contributed by atoms with E-state index in [9.17, 15) is 9.90 Å². The quantitative estimate of drug-likeness (QED) is 0.870. The van der Waals surface area contributed by atoms with Crippen LogP contribution in [0.25, 0.3) is 0 Å². The van der Waals surface area contributed by atoms with Crippen molar-refractivity contribution in [3.05, 3.63) is 23.3 Å². The maximum atomic E-state index is 13.6. The monoisotopic (exact) mass is 381 g/mol. The number of carbonyl (C=O) groups is 1. The standard InChI is InChI=1S/C23H27NO4/c1-27-15-5-4-14-10-16-23(26)12-21(6-7-21)19(25)20-22(23,17(14)18(15)28-20)8-9-24(16)11-13-2-3-13/h4-5,13,16,20,26H,2-3,6-12H2,1H3/t16?,20-,22?,23?/m0/s1. The first-order chi connectivity index (χ1) is 13.5. The van der Waals surface area contributed by atoms with Gasteiger partial charge in [-0.25, -0.2) is 0 Å². The Morgan fingerprint density at radius 3 is 2.82 bits per heavy atom. The van der Waals surface area contributed by atoms with E-state index in [2.05, 4.69) is 11.0 Å². The number of benzene rings is 1. The van der Waals surface area contributed by atoms with Crippen molar-refractivity contribution in [1.82, 2.24) is 4.90 Å². The Morgan fingerprint density at radius 1 is 1.29 bits per heavy atom. The van der Waals surface area contributed by atoms with E-state index < -0.39 is 17.1 Å². The van der Waals surface area contributed by atoms with Gasteiger partial charge in [-0.2, -0.15) is 0 Å². The minimum absolute atomic E-state index is 0.0883. The van der Waals surface area contributed by atoms with E-state index in [-0.39, 0.29) is 17.2 Å². The molecular formula is C23H27NO4. The summed E-state index contributed by atoms with van der Waals surface area (Å²) in [5.41, 5.74) is 0.495. The van der Waals surface area contributed by atoms with Gasteiger partial charge in [0.1, 0.15) is 0 Å². The van der Waals surface area contributed by atoms with Crippen LogP contribution in [-0.2, 0) is 16.6 Å². The van der Waals surface area contributed by atoms with Crippen molar-refractivity contribution < 1.29 is 19.4 Å². The Labute approximate surface area is 165 Å². The van der Waals surface area contributed by atoms with Gasteiger partial charge < -0.3 is 14.6 Å². The van der Waals surface area contributed by atoms with Crippen molar-refractivity contribution in [2.75, 3.05) is 20.2 Å². The molecule has 5 nitrogen and oxygen atoms in total. The summed E-state index contributed by atoms with van der Waals surface area (Å²) >= 11 is 0. The highest BCUT2D eigenvalue weighted by Crippen LogP contribution is 2.71. The molecule has 3 saturated carbocycles. The van der Waals surface area contributed by atoms with Gasteiger partial charge in [-0.1, -0.05) is 6.07 Å². The van der Waals surface area contributed by atoms with E-state index in [0.29, 0.717) is 12.2 Å². The van der Waals surface area contributed by atoms with Gasteiger partial charge in [0.15, 0.2) is 23.4 Å². The summed E-state index contributed by atoms with van der Waals surface area (Å²) < 4.78 is 12.0. The molecule has 1 N–H and O–H groups in total. The molecule has 4 fully saturated rings. The van der Waals surface area contributed by atoms with Crippen LogP contribution in [0.5, 0.6) is 11.5 Å². The predicted molar refractivity (Wildman–Crippen MR) is 102 cm³/mol. The van der Waals surface area contributed by atoms with Gasteiger partial charge in [0.25, 0.3) is 0 Å². The molecule has 5 heteroatoms. The first kappa shape index (κ1) is 16.2. The number of hydrogen-bond acceptors (Lipinski definition) is 5. The largest absolute Gasteiger partial charge is 0.493 e. The zero-order valence-corrected chi connectivity index (χ0v) is 16.4. The van der Waals surface area contributed by atoms with E-state index in [1.54, 1.807) is 7.11 Å². The highest BCUT2D eigenvalue weighted by molar-refractivity contribution is 5.96. The number of aliphatic hydroxyl groups is 1. The number of rotatable bonds is 3. The third-order valence-electron chi connectivity index (χ3n) is 8.94. The molecule has 2 heterocycles. The summed E-state index contributed by atoms with van der Waals surface area (Å²) in [7, 11) is 1.65. The fraction of sp³-hybridized carbons (Fsp3) is 0.696. The number of nitrogens with zero attached hydrogens (tertiary/aromatic N) is 1. The Kier molecular flexibility index (Phi) is 2.76. The molecule has 1 saturated heterocycles. The Bertz CT molecular complexity index is 919. The van der Waals surface area contributed by atoms with Crippen LogP contribution < -0.4 is 9.47 Å². The Balaban J connectivity index is 1.47. The van der Waals surface area contributed by atoms with Crippen LogP contribution in [0.2, 0.25) is 0 Å². The number of piperidine rings is 1. The summed E-state index contributed by atoms with van der Waals surface area (Å²) in [5.74, 6) is 2.45. The van der Waals surface area contributed by atoms with Crippen LogP contribution in [-0.4, -0.2) is 53.7 Å². The summed E-state index contributed by atoms with van der Waals surface area (Å²) in [5, 5.41) is 12.5. The third kappa shape index (κ3) is 1.64. The lowest BCUT2D eigenvalue weighted by Gasteiger charge is -2.64. The van der Waals surface area contributed by atoms with E-state index in [1.165, 1.54) is 18.4 Å². The topological polar surface area (TPSA) is 59.0 Å². The second kappa shape index (κ2) is 4.76. The van der Waals surface area contributed by atoms with Gasteiger partial charge in [0.2, 0.25) is 0 Å². The van der Waals surface area contributed by atoms with Crippen molar-refractivity contribution in [2.24, 2.45) is 11.3 Å². The zero-order chi connectivity index (χ0) is 18.9. The zero-order valence-electron chi connectivity index (χ0n) is 16.4. The first-order valence-corrected chi connectivity index (χ1v) is 10.9. The van der Waals surface area contributed by atoms with Crippen molar-refractivity contribution in [3.8, 4) is 11.5 Å². The lowest BCUT2D eigenvalue weighted by atomic mass is 9.46. The number of methoxy groups -OCH3 is 1. The van der Waals surface area contributed by atoms with Gasteiger partial charge in [0.05, 0.1) is 18.1 Å². The van der Waals surface area contributed by atoms with Crippen molar-refractivity contribution >= 4 is 5.78 Å². The van der Waals surface area contributed by atoms with Crippen LogP contribution in [0.4, 0.5) is 0 Å². The fourth-order valence-corrected chi connectivity index (χ4v) is 7.25. The molecule has 28 heavy (non-hydrogen) atoms. The van der Waals surface area contributed by atoms with Gasteiger partial charge in [0, 0.05) is 23.6 Å². The van der Waals surface area contributed by atoms with Crippen LogP contribution >= 0.6 is 0 Å². The highest BCUT2D eigenvalue weighted by Gasteiger charge is 2.79. The molecule has 2 bridgehead atoms. The molecule has 3 unspecified atom stereocenters. The maximum absolute atomic E-state index is 13.6. The number of likely N-dealkylation sites (tertiary alicyclic amines) is 1. The molecule has 0 radical (unpaired) electrons. The summed E-state index contributed by atoms with van der Waals surface area (Å²) in [6.45, 7) is 2.04. The molecule has 4 atom stereocenters. The first-order valence-electron chi connectivity index (χ1n) is 10.9. The second-order valence-corrected chi connectivity index (χ2v) is 10.3. The van der Waals surface area contributed by atoms with Gasteiger partial charge in [-0.05, 0) is 69.0 Å². The number of Topliss-reactive ketones (excluding diaryl/α,β-unsaturated/α-hetero) is 1. The third-order valence-corrected chi connectivity index (χ3v) is 8.94. The fourth-order valence-electron chi connectivity index (χ4n) is 7.25. The number of ketones is 1. The predicted octanol–water partition coefficient (Wildman–Crippen LogP) is 2.22. The lowest BCUT2D eigenvalue weighted by molar-refractivity contribution is -0.200. The van der Waals surface area contributed by atoms with Gasteiger partial charge >= 0.3 is 0 Å². The van der Waals surface area contributed by atoms with Crippen molar-refractivity contribution in [2.45, 2.75) is 68.1 Å². The number of hydrogen-bond donors (Lipinski definition) is 1. The smallest absolute Gasteiger partial charge is 0.180 e. The molecule has 7 rings (SSSR count). The number of ether oxygens (including phenoxy) is 2. The van der Waals surface area contributed by atoms with Gasteiger partial charge in [-0.15, -0.1) is 0 Å². The van der Waals surface area contributed by atoms with E-state index in [4.69, 9.17) is 9.47 Å². The normalized spacial score (nSPS) is 41.6. The number of carbonyl (C=O) groups excluding carboxylic acids is 1. The molecule has 0 amide bonds. The van der Waals surface area contributed by atoms with Crippen LogP contribution in [0.15, 0.2) is 12.1 Å². The molecule has 1 aromatic carbocycles.